The van der Waals surface area contributed by atoms with E-state index in [1.54, 1.807) is 23.0 Å². The minimum atomic E-state index is -0.398. The molecule has 0 saturated carbocycles. The third-order valence-corrected chi connectivity index (χ3v) is 3.69. The van der Waals surface area contributed by atoms with Crippen molar-refractivity contribution in [1.82, 2.24) is 9.78 Å². The standard InChI is InChI=1S/C17H17N3O3/c1-11-8-16(21)23-15-9-13(4-5-14(11)15)19-17(22)12(2)10-20-7-3-6-18-20/h3-9,12H,10H2,1-2H3,(H,19,22). The second kappa shape index (κ2) is 6.08. The summed E-state index contributed by atoms with van der Waals surface area (Å²) in [6.45, 7) is 4.19. The van der Waals surface area contributed by atoms with E-state index < -0.39 is 5.63 Å². The predicted octanol–water partition coefficient (Wildman–Crippen LogP) is 2.57. The Morgan fingerprint density at radius 2 is 2.22 bits per heavy atom. The first-order valence-corrected chi connectivity index (χ1v) is 7.36. The van der Waals surface area contributed by atoms with Crippen molar-refractivity contribution in [2.45, 2.75) is 20.4 Å². The molecule has 1 unspecified atom stereocenters. The molecule has 1 N–H and O–H groups in total. The lowest BCUT2D eigenvalue weighted by Gasteiger charge is -2.12. The van der Waals surface area contributed by atoms with Crippen LogP contribution in [0.1, 0.15) is 12.5 Å². The van der Waals surface area contributed by atoms with E-state index in [9.17, 15) is 9.59 Å². The van der Waals surface area contributed by atoms with Crippen LogP contribution in [0.15, 0.2) is 51.9 Å². The van der Waals surface area contributed by atoms with Crippen LogP contribution >= 0.6 is 0 Å². The third kappa shape index (κ3) is 3.31. The first-order chi connectivity index (χ1) is 11.0. The van der Waals surface area contributed by atoms with Gasteiger partial charge in [0.25, 0.3) is 0 Å². The normalized spacial score (nSPS) is 12.3. The number of rotatable bonds is 4. The number of hydrogen-bond donors (Lipinski definition) is 1. The quantitative estimate of drug-likeness (QED) is 0.751. The maximum Gasteiger partial charge on any atom is 0.336 e. The fourth-order valence-corrected chi connectivity index (χ4v) is 2.44. The molecule has 118 valence electrons. The number of aromatic nitrogens is 2. The molecule has 6 nitrogen and oxygen atoms in total. The van der Waals surface area contributed by atoms with Crippen molar-refractivity contribution in [3.8, 4) is 0 Å². The molecule has 0 bridgehead atoms. The summed E-state index contributed by atoms with van der Waals surface area (Å²) in [6.07, 6.45) is 3.50. The monoisotopic (exact) mass is 311 g/mol. The van der Waals surface area contributed by atoms with E-state index in [0.29, 0.717) is 17.8 Å². The zero-order valence-corrected chi connectivity index (χ0v) is 12.9. The molecule has 23 heavy (non-hydrogen) atoms. The molecule has 0 fully saturated rings. The molecule has 0 spiro atoms. The Labute approximate surface area is 132 Å². The SMILES string of the molecule is Cc1cc(=O)oc2cc(NC(=O)C(C)Cn3cccn3)ccc12. The van der Waals surface area contributed by atoms with Gasteiger partial charge in [0.2, 0.25) is 5.91 Å². The van der Waals surface area contributed by atoms with Gasteiger partial charge in [-0.25, -0.2) is 4.79 Å². The van der Waals surface area contributed by atoms with Crippen molar-refractivity contribution in [1.29, 1.82) is 0 Å². The summed E-state index contributed by atoms with van der Waals surface area (Å²) in [5.74, 6) is -0.357. The van der Waals surface area contributed by atoms with Crippen molar-refractivity contribution in [2.24, 2.45) is 5.92 Å². The van der Waals surface area contributed by atoms with Crippen molar-refractivity contribution in [2.75, 3.05) is 5.32 Å². The molecule has 1 atom stereocenters. The predicted molar refractivity (Wildman–Crippen MR) is 87.2 cm³/mol. The summed E-state index contributed by atoms with van der Waals surface area (Å²) >= 11 is 0. The molecule has 0 saturated heterocycles. The molecule has 0 aliphatic carbocycles. The van der Waals surface area contributed by atoms with Crippen LogP contribution in [-0.4, -0.2) is 15.7 Å². The molecule has 6 heteroatoms. The number of hydrogen-bond acceptors (Lipinski definition) is 4. The number of carbonyl (C=O) groups excluding carboxylic acids is 1. The van der Waals surface area contributed by atoms with Crippen LogP contribution < -0.4 is 10.9 Å². The third-order valence-electron chi connectivity index (χ3n) is 3.69. The number of anilines is 1. The Hall–Kier alpha value is -2.89. The van der Waals surface area contributed by atoms with Gasteiger partial charge in [-0.2, -0.15) is 5.10 Å². The summed E-state index contributed by atoms with van der Waals surface area (Å²) in [5, 5.41) is 7.79. The van der Waals surface area contributed by atoms with Crippen LogP contribution in [0.4, 0.5) is 5.69 Å². The fourth-order valence-electron chi connectivity index (χ4n) is 2.44. The van der Waals surface area contributed by atoms with Gasteiger partial charge in [0, 0.05) is 35.6 Å². The lowest BCUT2D eigenvalue weighted by Crippen LogP contribution is -2.24. The number of amides is 1. The Balaban J connectivity index is 1.78. The molecule has 2 aromatic heterocycles. The van der Waals surface area contributed by atoms with Crippen LogP contribution in [0.25, 0.3) is 11.0 Å². The van der Waals surface area contributed by atoms with Gasteiger partial charge < -0.3 is 9.73 Å². The van der Waals surface area contributed by atoms with Gasteiger partial charge in [-0.3, -0.25) is 9.48 Å². The molecule has 2 heterocycles. The number of benzene rings is 1. The lowest BCUT2D eigenvalue weighted by atomic mass is 10.1. The van der Waals surface area contributed by atoms with E-state index in [4.69, 9.17) is 4.42 Å². The molecule has 0 aliphatic heterocycles. The van der Waals surface area contributed by atoms with Gasteiger partial charge in [0.05, 0.1) is 12.5 Å². The van der Waals surface area contributed by atoms with Gasteiger partial charge in [-0.05, 0) is 30.7 Å². The second-order valence-corrected chi connectivity index (χ2v) is 5.58. The molecule has 1 amide bonds. The summed E-state index contributed by atoms with van der Waals surface area (Å²) < 4.78 is 6.90. The molecule has 3 rings (SSSR count). The summed E-state index contributed by atoms with van der Waals surface area (Å²) in [4.78, 5) is 23.7. The fraction of sp³-hybridized carbons (Fsp3) is 0.235. The highest BCUT2D eigenvalue weighted by atomic mass is 16.4. The summed E-state index contributed by atoms with van der Waals surface area (Å²) in [5.41, 5.74) is 1.52. The first-order valence-electron chi connectivity index (χ1n) is 7.36. The Morgan fingerprint density at radius 3 is 2.96 bits per heavy atom. The molecule has 0 aliphatic rings. The zero-order chi connectivity index (χ0) is 16.4. The molecular formula is C17H17N3O3. The van der Waals surface area contributed by atoms with Gasteiger partial charge in [0.1, 0.15) is 5.58 Å². The van der Waals surface area contributed by atoms with E-state index in [2.05, 4.69) is 10.4 Å². The van der Waals surface area contributed by atoms with Gasteiger partial charge in [-0.15, -0.1) is 0 Å². The van der Waals surface area contributed by atoms with Crippen molar-refractivity contribution < 1.29 is 9.21 Å². The van der Waals surface area contributed by atoms with Crippen LogP contribution in [0.2, 0.25) is 0 Å². The van der Waals surface area contributed by atoms with Crippen molar-refractivity contribution in [3.05, 3.63) is 58.7 Å². The van der Waals surface area contributed by atoms with E-state index in [1.807, 2.05) is 32.2 Å². The largest absolute Gasteiger partial charge is 0.423 e. The maximum absolute atomic E-state index is 12.3. The number of nitrogens with one attached hydrogen (secondary N) is 1. The highest BCUT2D eigenvalue weighted by Gasteiger charge is 2.14. The molecule has 1 aromatic carbocycles. The average Bonchev–Trinajstić information content (AvgIpc) is 2.99. The topological polar surface area (TPSA) is 77.1 Å². The van der Waals surface area contributed by atoms with Crippen LogP contribution in [0.3, 0.4) is 0 Å². The van der Waals surface area contributed by atoms with Gasteiger partial charge >= 0.3 is 5.63 Å². The Bertz CT molecular complexity index is 897. The highest BCUT2D eigenvalue weighted by molar-refractivity contribution is 5.94. The van der Waals surface area contributed by atoms with Crippen molar-refractivity contribution in [3.63, 3.8) is 0 Å². The molecule has 0 radical (unpaired) electrons. The minimum absolute atomic E-state index is 0.116. The van der Waals surface area contributed by atoms with Crippen LogP contribution in [0, 0.1) is 12.8 Å². The minimum Gasteiger partial charge on any atom is -0.423 e. The first kappa shape index (κ1) is 15.0. The molecular weight excluding hydrogens is 294 g/mol. The van der Waals surface area contributed by atoms with E-state index in [-0.39, 0.29) is 11.8 Å². The number of aryl methyl sites for hydroxylation is 1. The highest BCUT2D eigenvalue weighted by Crippen LogP contribution is 2.21. The van der Waals surface area contributed by atoms with E-state index in [1.165, 1.54) is 6.07 Å². The van der Waals surface area contributed by atoms with Crippen LogP contribution in [0.5, 0.6) is 0 Å². The Kier molecular flexibility index (Phi) is 3.97. The van der Waals surface area contributed by atoms with E-state index >= 15 is 0 Å². The number of fused-ring (bicyclic) bond motifs is 1. The number of carbonyl (C=O) groups is 1. The lowest BCUT2D eigenvalue weighted by molar-refractivity contribution is -0.119. The average molecular weight is 311 g/mol. The number of nitrogens with zero attached hydrogens (tertiary/aromatic N) is 2. The maximum atomic E-state index is 12.3. The van der Waals surface area contributed by atoms with Gasteiger partial charge in [0.15, 0.2) is 0 Å². The Morgan fingerprint density at radius 1 is 1.39 bits per heavy atom. The summed E-state index contributed by atoms with van der Waals surface area (Å²) in [6, 6.07) is 8.57. The van der Waals surface area contributed by atoms with Crippen LogP contribution in [-0.2, 0) is 11.3 Å². The second-order valence-electron chi connectivity index (χ2n) is 5.58. The smallest absolute Gasteiger partial charge is 0.336 e. The summed E-state index contributed by atoms with van der Waals surface area (Å²) in [7, 11) is 0. The van der Waals surface area contributed by atoms with Crippen molar-refractivity contribution >= 4 is 22.6 Å². The van der Waals surface area contributed by atoms with Gasteiger partial charge in [-0.1, -0.05) is 6.92 Å². The molecule has 3 aromatic rings. The zero-order valence-electron chi connectivity index (χ0n) is 12.9. The van der Waals surface area contributed by atoms with E-state index in [0.717, 1.165) is 10.9 Å².